The number of rotatable bonds is 6. The van der Waals surface area contributed by atoms with Crippen LogP contribution in [-0.2, 0) is 4.74 Å². The van der Waals surface area contributed by atoms with E-state index in [0.29, 0.717) is 4.83 Å². The molecule has 0 heterocycles. The van der Waals surface area contributed by atoms with Gasteiger partial charge >= 0.3 is 0 Å². The molecule has 0 aromatic carbocycles. The quantitative estimate of drug-likeness (QED) is 0.685. The van der Waals surface area contributed by atoms with Gasteiger partial charge in [-0.15, -0.1) is 0 Å². The molecule has 0 N–H and O–H groups in total. The molecule has 14 heavy (non-hydrogen) atoms. The van der Waals surface area contributed by atoms with Crippen molar-refractivity contribution in [3.8, 4) is 0 Å². The van der Waals surface area contributed by atoms with E-state index < -0.39 is 0 Å². The first kappa shape index (κ1) is 14.4. The molecule has 0 aliphatic heterocycles. The highest BCUT2D eigenvalue weighted by Gasteiger charge is 2.10. The lowest BCUT2D eigenvalue weighted by atomic mass is 10.2. The molecule has 0 saturated carbocycles. The fourth-order valence-electron chi connectivity index (χ4n) is 1.02. The van der Waals surface area contributed by atoms with E-state index in [1.807, 2.05) is 0 Å². The average Bonchev–Trinajstić information content (AvgIpc) is 1.98. The molecule has 3 heteroatoms. The molecule has 0 aliphatic carbocycles. The minimum atomic E-state index is -0.0104. The molecule has 0 radical (unpaired) electrons. The fourth-order valence-corrected chi connectivity index (χ4v) is 1.22. The summed E-state index contributed by atoms with van der Waals surface area (Å²) in [7, 11) is 2.14. The van der Waals surface area contributed by atoms with Crippen LogP contribution in [0.15, 0.2) is 0 Å². The lowest BCUT2D eigenvalue weighted by Gasteiger charge is -2.23. The van der Waals surface area contributed by atoms with Gasteiger partial charge in [0.05, 0.1) is 12.2 Å². The highest BCUT2D eigenvalue weighted by Crippen LogP contribution is 2.07. The Hall–Kier alpha value is 0.400. The van der Waals surface area contributed by atoms with E-state index in [1.165, 1.54) is 6.42 Å². The van der Waals surface area contributed by atoms with Crippen LogP contribution in [0.3, 0.4) is 0 Å². The van der Waals surface area contributed by atoms with Gasteiger partial charge in [0.1, 0.15) is 0 Å². The Morgan fingerprint density at radius 3 is 2.29 bits per heavy atom. The van der Waals surface area contributed by atoms with Gasteiger partial charge in [0.25, 0.3) is 0 Å². The number of hydrogen-bond donors (Lipinski definition) is 0. The Bertz CT molecular complexity index is 143. The lowest BCUT2D eigenvalue weighted by molar-refractivity contribution is -0.0107. The third-order valence-corrected chi connectivity index (χ3v) is 2.37. The predicted octanol–water partition coefficient (Wildman–Crippen LogP) is 2.91. The summed E-state index contributed by atoms with van der Waals surface area (Å²) in [5, 5.41) is 0. The molecule has 0 spiro atoms. The largest absolute Gasteiger partial charge is 0.375 e. The lowest BCUT2D eigenvalue weighted by Crippen LogP contribution is -2.29. The van der Waals surface area contributed by atoms with Crippen molar-refractivity contribution in [1.82, 2.24) is 4.90 Å². The normalized spacial score (nSPS) is 14.8. The van der Waals surface area contributed by atoms with Crippen LogP contribution in [-0.4, -0.2) is 42.1 Å². The molecule has 0 fully saturated rings. The highest BCUT2D eigenvalue weighted by atomic mass is 79.9. The summed E-state index contributed by atoms with van der Waals surface area (Å²) >= 11 is 3.54. The van der Waals surface area contributed by atoms with Crippen LogP contribution in [0, 0.1) is 0 Å². The van der Waals surface area contributed by atoms with Crippen molar-refractivity contribution in [2.75, 3.05) is 26.7 Å². The topological polar surface area (TPSA) is 12.5 Å². The minimum Gasteiger partial charge on any atom is -0.375 e. The second-order valence-corrected chi connectivity index (χ2v) is 6.40. The van der Waals surface area contributed by atoms with Crippen LogP contribution in [0.5, 0.6) is 0 Å². The molecule has 2 nitrogen and oxygen atoms in total. The Labute approximate surface area is 97.1 Å². The van der Waals surface area contributed by atoms with E-state index >= 15 is 0 Å². The van der Waals surface area contributed by atoms with Crippen molar-refractivity contribution < 1.29 is 4.74 Å². The first-order valence-electron chi connectivity index (χ1n) is 5.28. The SMILES string of the molecule is CC(Br)CCN(C)CCOC(C)(C)C. The van der Waals surface area contributed by atoms with Crippen molar-refractivity contribution >= 4 is 15.9 Å². The number of likely N-dealkylation sites (N-methyl/N-ethyl adjacent to an activating group) is 1. The summed E-state index contributed by atoms with van der Waals surface area (Å²) in [5.74, 6) is 0. The zero-order valence-electron chi connectivity index (χ0n) is 10.1. The Morgan fingerprint density at radius 2 is 1.86 bits per heavy atom. The highest BCUT2D eigenvalue weighted by molar-refractivity contribution is 9.09. The molecular weight excluding hydrogens is 242 g/mol. The fraction of sp³-hybridized carbons (Fsp3) is 1.00. The third-order valence-electron chi connectivity index (χ3n) is 1.92. The molecule has 86 valence electrons. The van der Waals surface area contributed by atoms with Gasteiger partial charge in [-0.05, 0) is 40.8 Å². The van der Waals surface area contributed by atoms with Crippen LogP contribution in [0.4, 0.5) is 0 Å². The van der Waals surface area contributed by atoms with Crippen LogP contribution in [0.2, 0.25) is 0 Å². The first-order chi connectivity index (χ1) is 6.31. The molecular formula is C11H24BrNO. The Kier molecular flexibility index (Phi) is 7.00. The second-order valence-electron chi connectivity index (χ2n) is 4.83. The summed E-state index contributed by atoms with van der Waals surface area (Å²) in [4.78, 5) is 2.91. The average molecular weight is 266 g/mol. The smallest absolute Gasteiger partial charge is 0.0600 e. The van der Waals surface area contributed by atoms with Gasteiger partial charge in [0, 0.05) is 11.4 Å². The van der Waals surface area contributed by atoms with E-state index in [1.54, 1.807) is 0 Å². The second kappa shape index (κ2) is 6.81. The van der Waals surface area contributed by atoms with Crippen molar-refractivity contribution in [2.45, 2.75) is 44.5 Å². The van der Waals surface area contributed by atoms with Gasteiger partial charge in [-0.25, -0.2) is 0 Å². The molecule has 0 saturated heterocycles. The van der Waals surface area contributed by atoms with Gasteiger partial charge < -0.3 is 9.64 Å². The number of hydrogen-bond acceptors (Lipinski definition) is 2. The molecule has 0 rings (SSSR count). The first-order valence-corrected chi connectivity index (χ1v) is 6.19. The Morgan fingerprint density at radius 1 is 1.29 bits per heavy atom. The summed E-state index contributed by atoms with van der Waals surface area (Å²) in [6, 6.07) is 0. The number of nitrogens with zero attached hydrogens (tertiary/aromatic N) is 1. The summed E-state index contributed by atoms with van der Waals surface area (Å²) in [5.41, 5.74) is -0.0104. The van der Waals surface area contributed by atoms with Crippen LogP contribution < -0.4 is 0 Å². The van der Waals surface area contributed by atoms with Crippen molar-refractivity contribution in [3.63, 3.8) is 0 Å². The van der Waals surface area contributed by atoms with Crippen molar-refractivity contribution in [3.05, 3.63) is 0 Å². The summed E-state index contributed by atoms with van der Waals surface area (Å²) in [6.07, 6.45) is 1.19. The maximum atomic E-state index is 5.65. The molecule has 0 bridgehead atoms. The minimum absolute atomic E-state index is 0.0104. The van der Waals surface area contributed by atoms with E-state index in [-0.39, 0.29) is 5.60 Å². The zero-order valence-corrected chi connectivity index (χ0v) is 11.7. The van der Waals surface area contributed by atoms with Crippen molar-refractivity contribution in [2.24, 2.45) is 0 Å². The van der Waals surface area contributed by atoms with Crippen molar-refractivity contribution in [1.29, 1.82) is 0 Å². The summed E-state index contributed by atoms with van der Waals surface area (Å²) < 4.78 is 5.65. The number of halogens is 1. The molecule has 0 amide bonds. The van der Waals surface area contributed by atoms with Crippen LogP contribution in [0.25, 0.3) is 0 Å². The molecule has 0 aromatic rings. The van der Waals surface area contributed by atoms with Gasteiger partial charge in [-0.3, -0.25) is 0 Å². The predicted molar refractivity (Wildman–Crippen MR) is 66.2 cm³/mol. The standard InChI is InChI=1S/C11H24BrNO/c1-10(12)6-7-13(5)8-9-14-11(2,3)4/h10H,6-9H2,1-5H3. The van der Waals surface area contributed by atoms with Gasteiger partial charge in [0.2, 0.25) is 0 Å². The maximum Gasteiger partial charge on any atom is 0.0600 e. The van der Waals surface area contributed by atoms with Gasteiger partial charge in [-0.1, -0.05) is 22.9 Å². The molecule has 0 aromatic heterocycles. The van der Waals surface area contributed by atoms with E-state index in [0.717, 1.165) is 19.7 Å². The summed E-state index contributed by atoms with van der Waals surface area (Å²) in [6.45, 7) is 11.4. The third kappa shape index (κ3) is 10.5. The maximum absolute atomic E-state index is 5.65. The molecule has 1 atom stereocenters. The van der Waals surface area contributed by atoms with Gasteiger partial charge in [0.15, 0.2) is 0 Å². The number of ether oxygens (including phenoxy) is 1. The van der Waals surface area contributed by atoms with Gasteiger partial charge in [-0.2, -0.15) is 0 Å². The Balaban J connectivity index is 3.40. The molecule has 1 unspecified atom stereocenters. The monoisotopic (exact) mass is 265 g/mol. The van der Waals surface area contributed by atoms with E-state index in [9.17, 15) is 0 Å². The van der Waals surface area contributed by atoms with Crippen LogP contribution >= 0.6 is 15.9 Å². The zero-order chi connectivity index (χ0) is 11.2. The van der Waals surface area contributed by atoms with E-state index in [2.05, 4.69) is 55.6 Å². The van der Waals surface area contributed by atoms with Crippen LogP contribution in [0.1, 0.15) is 34.1 Å². The molecule has 0 aliphatic rings. The van der Waals surface area contributed by atoms with E-state index in [4.69, 9.17) is 4.74 Å². The number of alkyl halides is 1.